The molecule has 23 heavy (non-hydrogen) atoms. The van der Waals surface area contributed by atoms with Crippen LogP contribution in [0.25, 0.3) is 0 Å². The molecule has 0 spiro atoms. The van der Waals surface area contributed by atoms with Gasteiger partial charge in [0.2, 0.25) is 15.9 Å². The van der Waals surface area contributed by atoms with Gasteiger partial charge in [-0.05, 0) is 25.0 Å². The number of nitriles is 1. The fourth-order valence-corrected chi connectivity index (χ4v) is 3.16. The van der Waals surface area contributed by atoms with Gasteiger partial charge in [0.15, 0.2) is 0 Å². The lowest BCUT2D eigenvalue weighted by Crippen LogP contribution is -2.41. The van der Waals surface area contributed by atoms with Gasteiger partial charge in [-0.3, -0.25) is 4.79 Å². The second kappa shape index (κ2) is 7.55. The van der Waals surface area contributed by atoms with E-state index in [2.05, 4.69) is 5.32 Å². The van der Waals surface area contributed by atoms with Gasteiger partial charge in [0.05, 0.1) is 30.2 Å². The number of ether oxygens (including phenoxy) is 1. The van der Waals surface area contributed by atoms with Gasteiger partial charge >= 0.3 is 0 Å². The summed E-state index contributed by atoms with van der Waals surface area (Å²) in [6.07, 6.45) is 2.57. The molecular weight excluding hydrogens is 318 g/mol. The van der Waals surface area contributed by atoms with Crippen LogP contribution >= 0.6 is 0 Å². The van der Waals surface area contributed by atoms with Crippen LogP contribution in [0.2, 0.25) is 0 Å². The maximum absolute atomic E-state index is 12.1. The molecule has 1 saturated heterocycles. The molecule has 1 heterocycles. The van der Waals surface area contributed by atoms with E-state index in [4.69, 9.17) is 10.00 Å². The van der Waals surface area contributed by atoms with Crippen molar-refractivity contribution in [3.05, 3.63) is 29.8 Å². The molecule has 1 aromatic rings. The quantitative estimate of drug-likeness (QED) is 0.833. The number of hydrogen-bond acceptors (Lipinski definition) is 5. The first-order valence-corrected chi connectivity index (χ1v) is 9.10. The predicted molar refractivity (Wildman–Crippen MR) is 85.2 cm³/mol. The van der Waals surface area contributed by atoms with E-state index in [0.717, 1.165) is 23.4 Å². The van der Waals surface area contributed by atoms with E-state index in [0.29, 0.717) is 17.9 Å². The minimum atomic E-state index is -3.53. The lowest BCUT2D eigenvalue weighted by atomic mass is 10.2. The van der Waals surface area contributed by atoms with Crippen molar-refractivity contribution in [3.63, 3.8) is 0 Å². The van der Waals surface area contributed by atoms with Crippen molar-refractivity contribution in [1.82, 2.24) is 4.31 Å². The monoisotopic (exact) mass is 337 g/mol. The van der Waals surface area contributed by atoms with Gasteiger partial charge in [0.25, 0.3) is 0 Å². The van der Waals surface area contributed by atoms with E-state index in [9.17, 15) is 13.2 Å². The summed E-state index contributed by atoms with van der Waals surface area (Å²) >= 11 is 0. The van der Waals surface area contributed by atoms with Gasteiger partial charge in [0.1, 0.15) is 6.07 Å². The molecule has 1 aliphatic rings. The van der Waals surface area contributed by atoms with E-state index in [-0.39, 0.29) is 19.2 Å². The molecule has 1 aromatic carbocycles. The van der Waals surface area contributed by atoms with Crippen molar-refractivity contribution in [2.75, 3.05) is 31.3 Å². The van der Waals surface area contributed by atoms with Crippen molar-refractivity contribution >= 4 is 21.6 Å². The van der Waals surface area contributed by atoms with E-state index in [1.54, 1.807) is 24.3 Å². The average Bonchev–Trinajstić information content (AvgIpc) is 2.99. The van der Waals surface area contributed by atoms with Crippen molar-refractivity contribution < 1.29 is 17.9 Å². The molecule has 1 unspecified atom stereocenters. The SMILES string of the molecule is CS(=O)(=O)N(CC(=O)Nc1ccccc1C#N)CC1CCCO1. The average molecular weight is 337 g/mol. The molecule has 7 nitrogen and oxygen atoms in total. The van der Waals surface area contributed by atoms with Crippen molar-refractivity contribution in [2.24, 2.45) is 0 Å². The zero-order valence-electron chi connectivity index (χ0n) is 12.9. The largest absolute Gasteiger partial charge is 0.377 e. The third kappa shape index (κ3) is 5.03. The first-order chi connectivity index (χ1) is 10.9. The molecule has 1 atom stereocenters. The second-order valence-electron chi connectivity index (χ2n) is 5.40. The molecule has 0 bridgehead atoms. The van der Waals surface area contributed by atoms with Gasteiger partial charge in [-0.2, -0.15) is 9.57 Å². The number of amides is 1. The smallest absolute Gasteiger partial charge is 0.239 e. The molecule has 124 valence electrons. The maximum atomic E-state index is 12.1. The van der Waals surface area contributed by atoms with Crippen LogP contribution in [-0.4, -0.2) is 50.7 Å². The number of benzene rings is 1. The molecule has 0 aliphatic carbocycles. The lowest BCUT2D eigenvalue weighted by molar-refractivity contribution is -0.116. The third-order valence-corrected chi connectivity index (χ3v) is 4.76. The summed E-state index contributed by atoms with van der Waals surface area (Å²) in [6.45, 7) is 0.467. The Kier molecular flexibility index (Phi) is 5.71. The van der Waals surface area contributed by atoms with Crippen LogP contribution in [0.15, 0.2) is 24.3 Å². The van der Waals surface area contributed by atoms with Gasteiger partial charge in [0, 0.05) is 13.2 Å². The highest BCUT2D eigenvalue weighted by Crippen LogP contribution is 2.16. The highest BCUT2D eigenvalue weighted by atomic mass is 32.2. The van der Waals surface area contributed by atoms with Crippen LogP contribution in [0.3, 0.4) is 0 Å². The normalized spacial score (nSPS) is 17.9. The molecule has 0 aromatic heterocycles. The van der Waals surface area contributed by atoms with Crippen LogP contribution in [0.1, 0.15) is 18.4 Å². The Bertz CT molecular complexity index is 706. The molecule has 1 amide bonds. The molecule has 0 saturated carbocycles. The van der Waals surface area contributed by atoms with Crippen LogP contribution in [0.4, 0.5) is 5.69 Å². The van der Waals surface area contributed by atoms with Crippen LogP contribution in [0, 0.1) is 11.3 Å². The van der Waals surface area contributed by atoms with E-state index in [1.807, 2.05) is 6.07 Å². The number of nitrogens with one attached hydrogen (secondary N) is 1. The molecular formula is C15H19N3O4S. The van der Waals surface area contributed by atoms with Crippen LogP contribution in [0.5, 0.6) is 0 Å². The summed E-state index contributed by atoms with van der Waals surface area (Å²) in [7, 11) is -3.53. The Morgan fingerprint density at radius 3 is 2.83 bits per heavy atom. The summed E-state index contributed by atoms with van der Waals surface area (Å²) in [5, 5.41) is 11.6. The summed E-state index contributed by atoms with van der Waals surface area (Å²) in [5.41, 5.74) is 0.691. The van der Waals surface area contributed by atoms with Crippen LogP contribution < -0.4 is 5.32 Å². The molecule has 2 rings (SSSR count). The highest BCUT2D eigenvalue weighted by Gasteiger charge is 2.26. The summed E-state index contributed by atoms with van der Waals surface area (Å²) in [6, 6.07) is 8.54. The molecule has 1 fully saturated rings. The highest BCUT2D eigenvalue weighted by molar-refractivity contribution is 7.88. The van der Waals surface area contributed by atoms with Crippen LogP contribution in [-0.2, 0) is 19.6 Å². The molecule has 8 heteroatoms. The Labute approximate surface area is 135 Å². The number of anilines is 1. The molecule has 0 radical (unpaired) electrons. The number of nitrogens with zero attached hydrogens (tertiary/aromatic N) is 2. The summed E-state index contributed by atoms with van der Waals surface area (Å²) < 4.78 is 30.3. The summed E-state index contributed by atoms with van der Waals surface area (Å²) in [5.74, 6) is -0.490. The van der Waals surface area contributed by atoms with E-state index in [1.165, 1.54) is 0 Å². The number of sulfonamides is 1. The lowest BCUT2D eigenvalue weighted by Gasteiger charge is -2.22. The van der Waals surface area contributed by atoms with Crippen molar-refractivity contribution in [2.45, 2.75) is 18.9 Å². The standard InChI is InChI=1S/C15H19N3O4S/c1-23(20,21)18(10-13-6-4-8-22-13)11-15(19)17-14-7-3-2-5-12(14)9-16/h2-3,5,7,13H,4,6,8,10-11H2,1H3,(H,17,19). The molecule has 1 N–H and O–H groups in total. The van der Waals surface area contributed by atoms with Gasteiger partial charge in [-0.1, -0.05) is 12.1 Å². The number of carbonyl (C=O) groups is 1. The molecule has 1 aliphatic heterocycles. The Balaban J connectivity index is 2.04. The minimum absolute atomic E-state index is 0.159. The number of para-hydroxylation sites is 1. The maximum Gasteiger partial charge on any atom is 0.239 e. The number of carbonyl (C=O) groups excluding carboxylic acids is 1. The van der Waals surface area contributed by atoms with Crippen molar-refractivity contribution in [3.8, 4) is 6.07 Å². The minimum Gasteiger partial charge on any atom is -0.377 e. The van der Waals surface area contributed by atoms with Crippen molar-refractivity contribution in [1.29, 1.82) is 5.26 Å². The topological polar surface area (TPSA) is 99.5 Å². The Morgan fingerprint density at radius 2 is 2.22 bits per heavy atom. The van der Waals surface area contributed by atoms with Gasteiger partial charge in [-0.25, -0.2) is 8.42 Å². The first-order valence-electron chi connectivity index (χ1n) is 7.26. The zero-order valence-corrected chi connectivity index (χ0v) is 13.7. The summed E-state index contributed by atoms with van der Waals surface area (Å²) in [4.78, 5) is 12.1. The fourth-order valence-electron chi connectivity index (χ4n) is 2.37. The van der Waals surface area contributed by atoms with E-state index < -0.39 is 15.9 Å². The second-order valence-corrected chi connectivity index (χ2v) is 7.38. The predicted octanol–water partition coefficient (Wildman–Crippen LogP) is 0.937. The zero-order chi connectivity index (χ0) is 16.9. The number of rotatable bonds is 6. The fraction of sp³-hybridized carbons (Fsp3) is 0.467. The third-order valence-electron chi connectivity index (χ3n) is 3.54. The Hall–Kier alpha value is -1.95. The van der Waals surface area contributed by atoms with Gasteiger partial charge < -0.3 is 10.1 Å². The van der Waals surface area contributed by atoms with E-state index >= 15 is 0 Å². The Morgan fingerprint density at radius 1 is 1.48 bits per heavy atom. The number of hydrogen-bond donors (Lipinski definition) is 1. The van der Waals surface area contributed by atoms with Gasteiger partial charge in [-0.15, -0.1) is 0 Å². The first kappa shape index (κ1) is 17.4.